The first-order valence-electron chi connectivity index (χ1n) is 7.06. The average molecular weight is 268 g/mol. The van der Waals surface area contributed by atoms with Crippen LogP contribution >= 0.6 is 0 Å². The number of carbonyl (C=O) groups excluding carboxylic acids is 1. The summed E-state index contributed by atoms with van der Waals surface area (Å²) in [4.78, 5) is 11.9. The highest BCUT2D eigenvalue weighted by atomic mass is 16.5. The summed E-state index contributed by atoms with van der Waals surface area (Å²) in [5.41, 5.74) is 4.13. The summed E-state index contributed by atoms with van der Waals surface area (Å²) in [6.07, 6.45) is 1.99. The molecule has 2 aromatic carbocycles. The first-order chi connectivity index (χ1) is 9.72. The predicted molar refractivity (Wildman–Crippen MR) is 80.8 cm³/mol. The van der Waals surface area contributed by atoms with Crippen molar-refractivity contribution in [2.75, 3.05) is 0 Å². The Morgan fingerprint density at radius 1 is 0.800 bits per heavy atom. The Bertz CT molecular complexity index is 553. The second kappa shape index (κ2) is 6.90. The van der Waals surface area contributed by atoms with E-state index >= 15 is 0 Å². The molecule has 0 bridgehead atoms. The normalized spacial score (nSPS) is 10.3. The Kier molecular flexibility index (Phi) is 4.94. The van der Waals surface area contributed by atoms with Crippen LogP contribution in [0.2, 0.25) is 0 Å². The molecule has 0 spiro atoms. The molecule has 2 nitrogen and oxygen atoms in total. The van der Waals surface area contributed by atoms with Gasteiger partial charge in [0.25, 0.3) is 0 Å². The van der Waals surface area contributed by atoms with E-state index in [0.29, 0.717) is 12.2 Å². The number of carbonyl (C=O) groups is 1. The first kappa shape index (κ1) is 14.3. The van der Waals surface area contributed by atoms with E-state index in [0.717, 1.165) is 18.4 Å². The molecule has 0 aromatic heterocycles. The number of aryl methyl sites for hydroxylation is 2. The van der Waals surface area contributed by atoms with Gasteiger partial charge < -0.3 is 4.74 Å². The molecule has 0 fully saturated rings. The zero-order chi connectivity index (χ0) is 14.4. The molecule has 0 radical (unpaired) electrons. The van der Waals surface area contributed by atoms with Crippen molar-refractivity contribution >= 4 is 5.97 Å². The van der Waals surface area contributed by atoms with Crippen LogP contribution in [-0.2, 0) is 24.2 Å². The SMILES string of the molecule is CCc1ccc(COC(=O)c2ccc(CC)cc2)cc1. The first-order valence-corrected chi connectivity index (χ1v) is 7.06. The molecule has 2 aromatic rings. The minimum Gasteiger partial charge on any atom is -0.457 e. The summed E-state index contributed by atoms with van der Waals surface area (Å²) in [6, 6.07) is 15.7. The van der Waals surface area contributed by atoms with Gasteiger partial charge in [-0.1, -0.05) is 50.2 Å². The quantitative estimate of drug-likeness (QED) is 0.761. The molecular formula is C18H20O2. The van der Waals surface area contributed by atoms with Gasteiger partial charge in [-0.05, 0) is 41.7 Å². The molecule has 2 rings (SSSR count). The van der Waals surface area contributed by atoms with Crippen LogP contribution in [0, 0.1) is 0 Å². The van der Waals surface area contributed by atoms with E-state index in [2.05, 4.69) is 26.0 Å². The maximum atomic E-state index is 11.9. The molecule has 0 heterocycles. The molecule has 0 saturated heterocycles. The Balaban J connectivity index is 1.93. The Morgan fingerprint density at radius 2 is 1.25 bits per heavy atom. The lowest BCUT2D eigenvalue weighted by Crippen LogP contribution is -2.05. The van der Waals surface area contributed by atoms with Gasteiger partial charge in [-0.3, -0.25) is 0 Å². The second-order valence-corrected chi connectivity index (χ2v) is 4.80. The Hall–Kier alpha value is -2.09. The fourth-order valence-corrected chi connectivity index (χ4v) is 1.98. The fourth-order valence-electron chi connectivity index (χ4n) is 1.98. The molecule has 104 valence electrons. The maximum Gasteiger partial charge on any atom is 0.338 e. The summed E-state index contributed by atoms with van der Waals surface area (Å²) in [7, 11) is 0. The Labute approximate surface area is 120 Å². The number of hydrogen-bond acceptors (Lipinski definition) is 2. The van der Waals surface area contributed by atoms with E-state index in [1.807, 2.05) is 36.4 Å². The van der Waals surface area contributed by atoms with Crippen LogP contribution in [0.5, 0.6) is 0 Å². The smallest absolute Gasteiger partial charge is 0.338 e. The van der Waals surface area contributed by atoms with Gasteiger partial charge in [0.15, 0.2) is 0 Å². The number of rotatable bonds is 5. The highest BCUT2D eigenvalue weighted by Crippen LogP contribution is 2.10. The van der Waals surface area contributed by atoms with Crippen molar-refractivity contribution in [3.8, 4) is 0 Å². The third-order valence-electron chi connectivity index (χ3n) is 3.40. The number of benzene rings is 2. The van der Waals surface area contributed by atoms with E-state index in [1.54, 1.807) is 0 Å². The Morgan fingerprint density at radius 3 is 1.75 bits per heavy atom. The standard InChI is InChI=1S/C18H20O2/c1-3-14-5-7-16(8-6-14)13-20-18(19)17-11-9-15(4-2)10-12-17/h5-12H,3-4,13H2,1-2H3. The van der Waals surface area contributed by atoms with Crippen molar-refractivity contribution < 1.29 is 9.53 Å². The average Bonchev–Trinajstić information content (AvgIpc) is 2.53. The summed E-state index contributed by atoms with van der Waals surface area (Å²) in [5.74, 6) is -0.271. The van der Waals surface area contributed by atoms with Gasteiger partial charge in [-0.15, -0.1) is 0 Å². The summed E-state index contributed by atoms with van der Waals surface area (Å²) in [5, 5.41) is 0. The molecule has 0 amide bonds. The fraction of sp³-hybridized carbons (Fsp3) is 0.278. The molecule has 0 atom stereocenters. The van der Waals surface area contributed by atoms with Gasteiger partial charge >= 0.3 is 5.97 Å². The van der Waals surface area contributed by atoms with E-state index in [-0.39, 0.29) is 5.97 Å². The highest BCUT2D eigenvalue weighted by Gasteiger charge is 2.07. The van der Waals surface area contributed by atoms with Gasteiger partial charge in [0.2, 0.25) is 0 Å². The van der Waals surface area contributed by atoms with Crippen LogP contribution in [0.3, 0.4) is 0 Å². The lowest BCUT2D eigenvalue weighted by atomic mass is 10.1. The number of esters is 1. The second-order valence-electron chi connectivity index (χ2n) is 4.80. The predicted octanol–water partition coefficient (Wildman–Crippen LogP) is 4.17. The molecule has 0 aliphatic carbocycles. The van der Waals surface area contributed by atoms with Crippen LogP contribution in [0.4, 0.5) is 0 Å². The van der Waals surface area contributed by atoms with Crippen molar-refractivity contribution in [3.63, 3.8) is 0 Å². The van der Waals surface area contributed by atoms with Crippen LogP contribution in [0.15, 0.2) is 48.5 Å². The maximum absolute atomic E-state index is 11.9. The van der Waals surface area contributed by atoms with E-state index < -0.39 is 0 Å². The van der Waals surface area contributed by atoms with Crippen molar-refractivity contribution in [2.24, 2.45) is 0 Å². The number of ether oxygens (including phenoxy) is 1. The van der Waals surface area contributed by atoms with Crippen molar-refractivity contribution in [1.82, 2.24) is 0 Å². The molecule has 2 heteroatoms. The molecule has 0 aliphatic heterocycles. The van der Waals surface area contributed by atoms with Crippen molar-refractivity contribution in [3.05, 3.63) is 70.8 Å². The van der Waals surface area contributed by atoms with Crippen LogP contribution < -0.4 is 0 Å². The van der Waals surface area contributed by atoms with E-state index in [4.69, 9.17) is 4.74 Å². The monoisotopic (exact) mass is 268 g/mol. The third kappa shape index (κ3) is 3.70. The molecule has 0 aliphatic rings. The minimum atomic E-state index is -0.271. The van der Waals surface area contributed by atoms with Gasteiger partial charge in [0, 0.05) is 0 Å². The third-order valence-corrected chi connectivity index (χ3v) is 3.40. The van der Waals surface area contributed by atoms with Crippen molar-refractivity contribution in [1.29, 1.82) is 0 Å². The summed E-state index contributed by atoms with van der Waals surface area (Å²) in [6.45, 7) is 4.53. The topological polar surface area (TPSA) is 26.3 Å². The molecular weight excluding hydrogens is 248 g/mol. The molecule has 0 N–H and O–H groups in total. The lowest BCUT2D eigenvalue weighted by molar-refractivity contribution is 0.0472. The molecule has 0 unspecified atom stereocenters. The molecule has 20 heavy (non-hydrogen) atoms. The zero-order valence-corrected chi connectivity index (χ0v) is 12.1. The number of hydrogen-bond donors (Lipinski definition) is 0. The lowest BCUT2D eigenvalue weighted by Gasteiger charge is -2.06. The zero-order valence-electron chi connectivity index (χ0n) is 12.1. The summed E-state index contributed by atoms with van der Waals surface area (Å²) < 4.78 is 5.32. The van der Waals surface area contributed by atoms with Crippen LogP contribution in [0.25, 0.3) is 0 Å². The minimum absolute atomic E-state index is 0.271. The summed E-state index contributed by atoms with van der Waals surface area (Å²) >= 11 is 0. The van der Waals surface area contributed by atoms with Gasteiger partial charge in [0.05, 0.1) is 5.56 Å². The van der Waals surface area contributed by atoms with Crippen molar-refractivity contribution in [2.45, 2.75) is 33.3 Å². The molecule has 0 saturated carbocycles. The van der Waals surface area contributed by atoms with Gasteiger partial charge in [-0.2, -0.15) is 0 Å². The van der Waals surface area contributed by atoms with E-state index in [9.17, 15) is 4.79 Å². The van der Waals surface area contributed by atoms with E-state index in [1.165, 1.54) is 11.1 Å². The highest BCUT2D eigenvalue weighted by molar-refractivity contribution is 5.89. The van der Waals surface area contributed by atoms with Crippen LogP contribution in [-0.4, -0.2) is 5.97 Å². The van der Waals surface area contributed by atoms with Gasteiger partial charge in [-0.25, -0.2) is 4.79 Å². The van der Waals surface area contributed by atoms with Gasteiger partial charge in [0.1, 0.15) is 6.61 Å². The largest absolute Gasteiger partial charge is 0.457 e. The van der Waals surface area contributed by atoms with Crippen LogP contribution in [0.1, 0.15) is 40.9 Å².